The Morgan fingerprint density at radius 2 is 1.57 bits per heavy atom. The summed E-state index contributed by atoms with van der Waals surface area (Å²) in [5.41, 5.74) is 6.65. The van der Waals surface area contributed by atoms with Crippen LogP contribution in [-0.4, -0.2) is 0 Å². The summed E-state index contributed by atoms with van der Waals surface area (Å²) in [7, 11) is 0. The van der Waals surface area contributed by atoms with Crippen LogP contribution in [0.4, 0.5) is 11.4 Å². The van der Waals surface area contributed by atoms with Crippen LogP contribution in [-0.2, 0) is 19.3 Å². The van der Waals surface area contributed by atoms with Crippen LogP contribution in [0, 0.1) is 0 Å². The van der Waals surface area contributed by atoms with Gasteiger partial charge in [-0.15, -0.1) is 6.58 Å². The Morgan fingerprint density at radius 1 is 0.913 bits per heavy atom. The molecule has 0 saturated carbocycles. The maximum absolute atomic E-state index is 3.78. The van der Waals surface area contributed by atoms with Crippen LogP contribution in [0.1, 0.15) is 49.8 Å². The summed E-state index contributed by atoms with van der Waals surface area (Å²) in [6.45, 7) is 8.21. The molecule has 0 heterocycles. The second-order valence-electron chi connectivity index (χ2n) is 6.01. The highest BCUT2D eigenvalue weighted by molar-refractivity contribution is 5.67. The van der Waals surface area contributed by atoms with E-state index in [1.807, 2.05) is 6.08 Å². The van der Waals surface area contributed by atoms with E-state index in [-0.39, 0.29) is 0 Å². The van der Waals surface area contributed by atoms with Gasteiger partial charge in [0.05, 0.1) is 0 Å². The van der Waals surface area contributed by atoms with Crippen molar-refractivity contribution in [2.45, 2.75) is 52.4 Å². The molecule has 1 heteroatoms. The number of hydrogen-bond acceptors (Lipinski definition) is 1. The third kappa shape index (κ3) is 4.99. The molecular formula is C22H29N. The van der Waals surface area contributed by atoms with Crippen molar-refractivity contribution in [1.29, 1.82) is 0 Å². The van der Waals surface area contributed by atoms with Crippen LogP contribution >= 0.6 is 0 Å². The largest absolute Gasteiger partial charge is 0.355 e. The number of hydrogen-bond donors (Lipinski definition) is 1. The predicted molar refractivity (Wildman–Crippen MR) is 103 cm³/mol. The van der Waals surface area contributed by atoms with Gasteiger partial charge in [0.25, 0.3) is 0 Å². The van der Waals surface area contributed by atoms with Gasteiger partial charge in [0, 0.05) is 11.4 Å². The van der Waals surface area contributed by atoms with E-state index in [4.69, 9.17) is 0 Å². The molecule has 0 aromatic heterocycles. The first kappa shape index (κ1) is 17.3. The maximum atomic E-state index is 3.78. The molecule has 2 aromatic carbocycles. The number of para-hydroxylation sites is 1. The summed E-state index contributed by atoms with van der Waals surface area (Å²) in [5, 5.41) is 3.63. The molecule has 1 nitrogen and oxygen atoms in total. The van der Waals surface area contributed by atoms with Crippen molar-refractivity contribution in [2.24, 2.45) is 0 Å². The number of benzene rings is 2. The molecule has 23 heavy (non-hydrogen) atoms. The van der Waals surface area contributed by atoms with E-state index < -0.39 is 0 Å². The van der Waals surface area contributed by atoms with Gasteiger partial charge in [-0.05, 0) is 67.3 Å². The molecular weight excluding hydrogens is 278 g/mol. The van der Waals surface area contributed by atoms with Crippen LogP contribution in [0.15, 0.2) is 55.1 Å². The van der Waals surface area contributed by atoms with Gasteiger partial charge in [-0.3, -0.25) is 0 Å². The highest BCUT2D eigenvalue weighted by atomic mass is 14.9. The molecule has 0 aliphatic carbocycles. The highest BCUT2D eigenvalue weighted by Gasteiger charge is 2.06. The quantitative estimate of drug-likeness (QED) is 0.414. The first-order valence-corrected chi connectivity index (χ1v) is 8.86. The minimum Gasteiger partial charge on any atom is -0.355 e. The van der Waals surface area contributed by atoms with Crippen molar-refractivity contribution >= 4 is 11.4 Å². The smallest absolute Gasteiger partial charge is 0.0449 e. The Bertz CT molecular complexity index is 588. The summed E-state index contributed by atoms with van der Waals surface area (Å²) in [4.78, 5) is 0. The Balaban J connectivity index is 2.05. The molecule has 0 atom stereocenters. The summed E-state index contributed by atoms with van der Waals surface area (Å²) in [6.07, 6.45) is 8.84. The number of unbranched alkanes of at least 4 members (excludes halogenated alkanes) is 2. The van der Waals surface area contributed by atoms with Gasteiger partial charge in [0.15, 0.2) is 0 Å². The van der Waals surface area contributed by atoms with Crippen LogP contribution in [0.5, 0.6) is 0 Å². The van der Waals surface area contributed by atoms with Gasteiger partial charge < -0.3 is 5.32 Å². The lowest BCUT2D eigenvalue weighted by Crippen LogP contribution is -2.00. The van der Waals surface area contributed by atoms with E-state index in [0.29, 0.717) is 0 Å². The van der Waals surface area contributed by atoms with Gasteiger partial charge in [-0.2, -0.15) is 0 Å². The van der Waals surface area contributed by atoms with E-state index in [9.17, 15) is 0 Å². The van der Waals surface area contributed by atoms with E-state index in [0.717, 1.165) is 25.7 Å². The number of nitrogens with one attached hydrogen (secondary N) is 1. The predicted octanol–water partition coefficient (Wildman–Crippen LogP) is 6.45. The average Bonchev–Trinajstić information content (AvgIpc) is 2.60. The fourth-order valence-electron chi connectivity index (χ4n) is 2.92. The summed E-state index contributed by atoms with van der Waals surface area (Å²) >= 11 is 0. The zero-order chi connectivity index (χ0) is 16.5. The molecule has 0 aliphatic heterocycles. The molecule has 2 aromatic rings. The second-order valence-corrected chi connectivity index (χ2v) is 6.01. The van der Waals surface area contributed by atoms with Crippen molar-refractivity contribution in [2.75, 3.05) is 5.32 Å². The van der Waals surface area contributed by atoms with Crippen molar-refractivity contribution in [3.05, 3.63) is 71.8 Å². The molecule has 1 N–H and O–H groups in total. The lowest BCUT2D eigenvalue weighted by atomic mass is 10.0. The van der Waals surface area contributed by atoms with E-state index in [2.05, 4.69) is 68.2 Å². The van der Waals surface area contributed by atoms with Gasteiger partial charge in [0.1, 0.15) is 0 Å². The molecule has 2 rings (SSSR count). The topological polar surface area (TPSA) is 12.0 Å². The SMILES string of the molecule is C=CCCCCc1ccc(Nc2c(CC)cccc2CC)cc1. The summed E-state index contributed by atoms with van der Waals surface area (Å²) in [6, 6.07) is 15.5. The third-order valence-corrected chi connectivity index (χ3v) is 4.35. The maximum Gasteiger partial charge on any atom is 0.0449 e. The zero-order valence-corrected chi connectivity index (χ0v) is 14.6. The Kier molecular flexibility index (Phi) is 6.93. The van der Waals surface area contributed by atoms with Crippen LogP contribution < -0.4 is 5.32 Å². The Labute approximate surface area is 141 Å². The number of aryl methyl sites for hydroxylation is 3. The van der Waals surface area contributed by atoms with Crippen molar-refractivity contribution in [3.8, 4) is 0 Å². The molecule has 0 amide bonds. The molecule has 0 spiro atoms. The van der Waals surface area contributed by atoms with Crippen LogP contribution in [0.2, 0.25) is 0 Å². The van der Waals surface area contributed by atoms with E-state index in [1.54, 1.807) is 0 Å². The normalized spacial score (nSPS) is 10.5. The van der Waals surface area contributed by atoms with Gasteiger partial charge in [0.2, 0.25) is 0 Å². The van der Waals surface area contributed by atoms with Crippen molar-refractivity contribution < 1.29 is 0 Å². The van der Waals surface area contributed by atoms with Crippen LogP contribution in [0.25, 0.3) is 0 Å². The summed E-state index contributed by atoms with van der Waals surface area (Å²) < 4.78 is 0. The lowest BCUT2D eigenvalue weighted by Gasteiger charge is -2.15. The summed E-state index contributed by atoms with van der Waals surface area (Å²) in [5.74, 6) is 0. The van der Waals surface area contributed by atoms with Gasteiger partial charge in [-0.1, -0.05) is 50.3 Å². The molecule has 0 bridgehead atoms. The molecule has 0 fully saturated rings. The second kappa shape index (κ2) is 9.19. The van der Waals surface area contributed by atoms with Gasteiger partial charge in [-0.25, -0.2) is 0 Å². The zero-order valence-electron chi connectivity index (χ0n) is 14.6. The molecule has 0 saturated heterocycles. The minimum absolute atomic E-state index is 1.05. The van der Waals surface area contributed by atoms with Crippen LogP contribution in [0.3, 0.4) is 0 Å². The Hall–Kier alpha value is -2.02. The first-order chi connectivity index (χ1) is 11.3. The lowest BCUT2D eigenvalue weighted by molar-refractivity contribution is 0.748. The Morgan fingerprint density at radius 3 is 2.13 bits per heavy atom. The molecule has 122 valence electrons. The van der Waals surface area contributed by atoms with Crippen molar-refractivity contribution in [3.63, 3.8) is 0 Å². The molecule has 0 radical (unpaired) electrons. The number of rotatable bonds is 9. The molecule has 0 aliphatic rings. The standard InChI is InChI=1S/C22H29N/c1-4-7-8-9-11-18-14-16-21(17-15-18)23-22-19(5-2)12-10-13-20(22)6-3/h4,10,12-17,23H,1,5-9,11H2,2-3H3. The number of allylic oxidation sites excluding steroid dienone is 1. The fourth-order valence-corrected chi connectivity index (χ4v) is 2.92. The minimum atomic E-state index is 1.05. The van der Waals surface area contributed by atoms with E-state index in [1.165, 1.54) is 40.9 Å². The average molecular weight is 307 g/mol. The number of anilines is 2. The third-order valence-electron chi connectivity index (χ3n) is 4.35. The first-order valence-electron chi connectivity index (χ1n) is 8.86. The highest BCUT2D eigenvalue weighted by Crippen LogP contribution is 2.26. The van der Waals surface area contributed by atoms with Crippen molar-refractivity contribution in [1.82, 2.24) is 0 Å². The molecule has 0 unspecified atom stereocenters. The van der Waals surface area contributed by atoms with Gasteiger partial charge >= 0.3 is 0 Å². The fraction of sp³-hybridized carbons (Fsp3) is 0.364. The monoisotopic (exact) mass is 307 g/mol. The van der Waals surface area contributed by atoms with E-state index >= 15 is 0 Å².